The van der Waals surface area contributed by atoms with E-state index in [4.69, 9.17) is 10.5 Å². The van der Waals surface area contributed by atoms with Gasteiger partial charge in [-0.25, -0.2) is 0 Å². The summed E-state index contributed by atoms with van der Waals surface area (Å²) in [6.45, 7) is 6.45. The third kappa shape index (κ3) is 8.09. The summed E-state index contributed by atoms with van der Waals surface area (Å²) >= 11 is 5.22. The summed E-state index contributed by atoms with van der Waals surface area (Å²) in [5, 5.41) is 3.16. The number of aliphatic imine (C=N–C) groups is 1. The lowest BCUT2D eigenvalue weighted by Crippen LogP contribution is -2.37. The summed E-state index contributed by atoms with van der Waals surface area (Å²) in [6, 6.07) is 4.20. The van der Waals surface area contributed by atoms with Crippen molar-refractivity contribution in [3.05, 3.63) is 20.8 Å². The second-order valence-corrected chi connectivity index (χ2v) is 7.50. The second-order valence-electron chi connectivity index (χ2n) is 4.96. The maximum atomic E-state index is 5.86. The molecule has 22 heavy (non-hydrogen) atoms. The molecular formula is C14H24BrIN4OS. The molecule has 5 nitrogen and oxygen atoms in total. The van der Waals surface area contributed by atoms with Crippen molar-refractivity contribution >= 4 is 57.2 Å². The molecule has 1 saturated heterocycles. The van der Waals surface area contributed by atoms with Crippen molar-refractivity contribution in [1.29, 1.82) is 0 Å². The van der Waals surface area contributed by atoms with Crippen LogP contribution in [0.25, 0.3) is 0 Å². The summed E-state index contributed by atoms with van der Waals surface area (Å²) in [5.41, 5.74) is 5.86. The molecule has 0 spiro atoms. The Labute approximate surface area is 161 Å². The first-order chi connectivity index (χ1) is 10.2. The van der Waals surface area contributed by atoms with Gasteiger partial charge < -0.3 is 15.8 Å². The third-order valence-electron chi connectivity index (χ3n) is 3.32. The van der Waals surface area contributed by atoms with Crippen molar-refractivity contribution in [1.82, 2.24) is 10.2 Å². The van der Waals surface area contributed by atoms with Gasteiger partial charge in [0.05, 0.1) is 17.0 Å². The molecule has 0 bridgehead atoms. The van der Waals surface area contributed by atoms with Crippen LogP contribution in [0.3, 0.4) is 0 Å². The average Bonchev–Trinajstić information content (AvgIpc) is 2.90. The van der Waals surface area contributed by atoms with E-state index in [1.807, 2.05) is 0 Å². The van der Waals surface area contributed by atoms with E-state index in [1.54, 1.807) is 11.3 Å². The molecule has 1 aromatic heterocycles. The predicted molar refractivity (Wildman–Crippen MR) is 108 cm³/mol. The molecule has 1 fully saturated rings. The Morgan fingerprint density at radius 2 is 2.18 bits per heavy atom. The molecule has 0 unspecified atom stereocenters. The number of ether oxygens (including phenoxy) is 1. The highest BCUT2D eigenvalue weighted by Gasteiger charge is 2.08. The SMILES string of the molecule is I.NC(=NCCCN1CCOCC1)NCCc1ccc(Br)s1. The minimum absolute atomic E-state index is 0. The van der Waals surface area contributed by atoms with E-state index < -0.39 is 0 Å². The van der Waals surface area contributed by atoms with Gasteiger partial charge in [-0.3, -0.25) is 9.89 Å². The van der Waals surface area contributed by atoms with Crippen molar-refractivity contribution in [2.24, 2.45) is 10.7 Å². The number of hydrogen-bond acceptors (Lipinski definition) is 4. The number of nitrogens with zero attached hydrogens (tertiary/aromatic N) is 2. The van der Waals surface area contributed by atoms with Crippen LogP contribution in [0, 0.1) is 0 Å². The summed E-state index contributed by atoms with van der Waals surface area (Å²) in [7, 11) is 0. The number of hydrogen-bond donors (Lipinski definition) is 2. The normalized spacial score (nSPS) is 16.3. The van der Waals surface area contributed by atoms with Crippen molar-refractivity contribution in [2.75, 3.05) is 45.9 Å². The molecule has 1 aromatic rings. The monoisotopic (exact) mass is 502 g/mol. The molecular weight excluding hydrogens is 479 g/mol. The summed E-state index contributed by atoms with van der Waals surface area (Å²) < 4.78 is 6.49. The fraction of sp³-hybridized carbons (Fsp3) is 0.643. The average molecular weight is 503 g/mol. The number of guanidine groups is 1. The lowest BCUT2D eigenvalue weighted by atomic mass is 10.3. The standard InChI is InChI=1S/C14H23BrN4OS.HI/c15-13-3-2-12(21-13)4-6-18-14(16)17-5-1-7-19-8-10-20-11-9-19;/h2-3H,1,4-11H2,(H3,16,17,18);1H. The third-order valence-corrected chi connectivity index (χ3v) is 5.01. The van der Waals surface area contributed by atoms with Gasteiger partial charge in [0.15, 0.2) is 5.96 Å². The lowest BCUT2D eigenvalue weighted by Gasteiger charge is -2.26. The predicted octanol–water partition coefficient (Wildman–Crippen LogP) is 2.30. The van der Waals surface area contributed by atoms with E-state index in [0.717, 1.165) is 58.8 Å². The summed E-state index contributed by atoms with van der Waals surface area (Å²) in [5.74, 6) is 0.549. The van der Waals surface area contributed by atoms with E-state index in [-0.39, 0.29) is 24.0 Å². The van der Waals surface area contributed by atoms with Crippen LogP contribution in [0.4, 0.5) is 0 Å². The number of morpholine rings is 1. The van der Waals surface area contributed by atoms with Gasteiger partial charge in [-0.2, -0.15) is 0 Å². The van der Waals surface area contributed by atoms with Gasteiger partial charge in [0, 0.05) is 37.6 Å². The van der Waals surface area contributed by atoms with Crippen LogP contribution in [0.5, 0.6) is 0 Å². The van der Waals surface area contributed by atoms with E-state index in [0.29, 0.717) is 5.96 Å². The number of nitrogens with two attached hydrogens (primary N) is 1. The van der Waals surface area contributed by atoms with Crippen LogP contribution in [0.1, 0.15) is 11.3 Å². The second kappa shape index (κ2) is 11.6. The van der Waals surface area contributed by atoms with Crippen molar-refractivity contribution < 1.29 is 4.74 Å². The smallest absolute Gasteiger partial charge is 0.188 e. The molecule has 3 N–H and O–H groups in total. The molecule has 0 saturated carbocycles. The zero-order valence-electron chi connectivity index (χ0n) is 12.6. The van der Waals surface area contributed by atoms with E-state index in [2.05, 4.69) is 43.3 Å². The number of halogens is 2. The number of rotatable bonds is 7. The number of thiophene rings is 1. The molecule has 2 rings (SSSR count). The van der Waals surface area contributed by atoms with Crippen LogP contribution in [-0.4, -0.2) is 56.8 Å². The first kappa shape index (κ1) is 20.1. The Morgan fingerprint density at radius 3 is 2.86 bits per heavy atom. The topological polar surface area (TPSA) is 62.9 Å². The lowest BCUT2D eigenvalue weighted by molar-refractivity contribution is 0.0377. The minimum atomic E-state index is 0. The van der Waals surface area contributed by atoms with Crippen LogP contribution >= 0.6 is 51.2 Å². The molecule has 2 heterocycles. The van der Waals surface area contributed by atoms with Crippen molar-refractivity contribution in [3.8, 4) is 0 Å². The molecule has 0 amide bonds. The van der Waals surface area contributed by atoms with Gasteiger partial charge in [-0.15, -0.1) is 35.3 Å². The van der Waals surface area contributed by atoms with Crippen LogP contribution in [-0.2, 0) is 11.2 Å². The maximum absolute atomic E-state index is 5.86. The molecule has 0 aliphatic carbocycles. The molecule has 8 heteroatoms. The zero-order chi connectivity index (χ0) is 14.9. The van der Waals surface area contributed by atoms with Gasteiger partial charge in [-0.1, -0.05) is 0 Å². The molecule has 0 radical (unpaired) electrons. The van der Waals surface area contributed by atoms with Crippen LogP contribution in [0.2, 0.25) is 0 Å². The largest absolute Gasteiger partial charge is 0.379 e. The van der Waals surface area contributed by atoms with Gasteiger partial charge in [0.1, 0.15) is 0 Å². The van der Waals surface area contributed by atoms with Crippen LogP contribution < -0.4 is 11.1 Å². The van der Waals surface area contributed by atoms with Crippen LogP contribution in [0.15, 0.2) is 20.9 Å². The molecule has 0 aromatic carbocycles. The highest BCUT2D eigenvalue weighted by molar-refractivity contribution is 14.0. The Kier molecular flexibility index (Phi) is 10.6. The zero-order valence-corrected chi connectivity index (χ0v) is 17.3. The summed E-state index contributed by atoms with van der Waals surface area (Å²) in [6.07, 6.45) is 2.01. The maximum Gasteiger partial charge on any atom is 0.188 e. The van der Waals surface area contributed by atoms with Gasteiger partial charge in [-0.05, 0) is 40.9 Å². The molecule has 126 valence electrons. The highest BCUT2D eigenvalue weighted by atomic mass is 127. The first-order valence-corrected chi connectivity index (χ1v) is 8.93. The fourth-order valence-electron chi connectivity index (χ4n) is 2.17. The minimum Gasteiger partial charge on any atom is -0.379 e. The number of nitrogens with one attached hydrogen (secondary N) is 1. The van der Waals surface area contributed by atoms with E-state index in [9.17, 15) is 0 Å². The van der Waals surface area contributed by atoms with E-state index in [1.165, 1.54) is 8.66 Å². The summed E-state index contributed by atoms with van der Waals surface area (Å²) in [4.78, 5) is 8.12. The first-order valence-electron chi connectivity index (χ1n) is 7.32. The Hall–Kier alpha value is 0.1000. The molecule has 1 aliphatic heterocycles. The van der Waals surface area contributed by atoms with Gasteiger partial charge in [0.25, 0.3) is 0 Å². The van der Waals surface area contributed by atoms with E-state index >= 15 is 0 Å². The quantitative estimate of drug-likeness (QED) is 0.260. The fourth-order valence-corrected chi connectivity index (χ4v) is 3.66. The Balaban J connectivity index is 0.00000242. The highest BCUT2D eigenvalue weighted by Crippen LogP contribution is 2.21. The van der Waals surface area contributed by atoms with Gasteiger partial charge >= 0.3 is 0 Å². The van der Waals surface area contributed by atoms with Gasteiger partial charge in [0.2, 0.25) is 0 Å². The molecule has 0 atom stereocenters. The van der Waals surface area contributed by atoms with Crippen molar-refractivity contribution in [3.63, 3.8) is 0 Å². The Morgan fingerprint density at radius 1 is 1.41 bits per heavy atom. The molecule has 1 aliphatic rings. The van der Waals surface area contributed by atoms with Crippen molar-refractivity contribution in [2.45, 2.75) is 12.8 Å². The Bertz CT molecular complexity index is 452.